The van der Waals surface area contributed by atoms with Gasteiger partial charge in [0.1, 0.15) is 16.6 Å². The van der Waals surface area contributed by atoms with Gasteiger partial charge in [0.2, 0.25) is 11.7 Å². The monoisotopic (exact) mass is 436 g/mol. The van der Waals surface area contributed by atoms with E-state index in [0.29, 0.717) is 44.5 Å². The van der Waals surface area contributed by atoms with Crippen LogP contribution in [0, 0.1) is 11.6 Å². The normalized spacial score (nSPS) is 18.7. The number of ketones is 1. The van der Waals surface area contributed by atoms with E-state index >= 15 is 0 Å². The number of aryl methyl sites for hydroxylation is 1. The Morgan fingerprint density at radius 1 is 1.13 bits per heavy atom. The number of anilines is 1. The Bertz CT molecular complexity index is 979. The molecule has 1 fully saturated rings. The van der Waals surface area contributed by atoms with Gasteiger partial charge >= 0.3 is 0 Å². The smallest absolute Gasteiger partial charge is 0.241 e. The van der Waals surface area contributed by atoms with Crippen LogP contribution in [0.2, 0.25) is 0 Å². The predicted octanol–water partition coefficient (Wildman–Crippen LogP) is 3.16. The molecule has 0 bridgehead atoms. The van der Waals surface area contributed by atoms with Gasteiger partial charge in [-0.2, -0.15) is 0 Å². The Balaban J connectivity index is 1.78. The van der Waals surface area contributed by atoms with Crippen LogP contribution in [0.3, 0.4) is 0 Å². The molecule has 0 radical (unpaired) electrons. The van der Waals surface area contributed by atoms with Gasteiger partial charge in [0.05, 0.1) is 30.4 Å². The number of fused-ring (bicyclic) bond motifs is 1. The number of benzene rings is 1. The van der Waals surface area contributed by atoms with Gasteiger partial charge in [0, 0.05) is 17.7 Å². The first-order valence-corrected chi connectivity index (χ1v) is 10.6. The number of rotatable bonds is 4. The number of thiophene rings is 1. The van der Waals surface area contributed by atoms with Crippen molar-refractivity contribution in [1.29, 1.82) is 0 Å². The highest BCUT2D eigenvalue weighted by Crippen LogP contribution is 2.43. The molecule has 1 saturated heterocycles. The van der Waals surface area contributed by atoms with E-state index in [2.05, 4.69) is 5.32 Å². The summed E-state index contributed by atoms with van der Waals surface area (Å²) in [6.45, 7) is 2.54. The third-order valence-electron chi connectivity index (χ3n) is 5.46. The molecule has 2 aliphatic rings. The van der Waals surface area contributed by atoms with Crippen molar-refractivity contribution in [2.24, 2.45) is 5.73 Å². The van der Waals surface area contributed by atoms with Crippen molar-refractivity contribution < 1.29 is 27.8 Å². The average molecular weight is 436 g/mol. The fraction of sp³-hybridized carbons (Fsp3) is 0.429. The van der Waals surface area contributed by atoms with Gasteiger partial charge in [-0.25, -0.2) is 8.78 Å². The fourth-order valence-electron chi connectivity index (χ4n) is 3.90. The second-order valence-electron chi connectivity index (χ2n) is 7.52. The second-order valence-corrected chi connectivity index (χ2v) is 8.62. The van der Waals surface area contributed by atoms with Crippen LogP contribution in [0.1, 0.15) is 46.1 Å². The highest BCUT2D eigenvalue weighted by Gasteiger charge is 2.40. The van der Waals surface area contributed by atoms with Gasteiger partial charge in [0.15, 0.2) is 5.79 Å². The number of hydrogen-bond acceptors (Lipinski definition) is 6. The number of carbonyl (C=O) groups excluding carboxylic acids is 2. The molecule has 1 aliphatic heterocycles. The molecule has 3 N–H and O–H groups in total. The largest absolute Gasteiger partial charge is 0.348 e. The molecule has 1 spiro atoms. The number of nitrogens with one attached hydrogen (secondary N) is 1. The topological polar surface area (TPSA) is 90.7 Å². The van der Waals surface area contributed by atoms with E-state index in [1.54, 1.807) is 0 Å². The van der Waals surface area contributed by atoms with E-state index < -0.39 is 40.7 Å². The Morgan fingerprint density at radius 3 is 2.40 bits per heavy atom. The zero-order valence-corrected chi connectivity index (χ0v) is 17.2. The Hall–Kier alpha value is -2.20. The highest BCUT2D eigenvalue weighted by molar-refractivity contribution is 7.17. The summed E-state index contributed by atoms with van der Waals surface area (Å²) in [4.78, 5) is 26.4. The molecule has 6 nitrogen and oxygen atoms in total. The van der Waals surface area contributed by atoms with E-state index in [1.807, 2.05) is 0 Å². The van der Waals surface area contributed by atoms with Crippen LogP contribution >= 0.6 is 11.3 Å². The number of halogens is 2. The summed E-state index contributed by atoms with van der Waals surface area (Å²) in [5.41, 5.74) is 5.80. The van der Waals surface area contributed by atoms with Gasteiger partial charge < -0.3 is 20.5 Å². The molecule has 1 aliphatic carbocycles. The Kier molecular flexibility index (Phi) is 5.71. The molecule has 0 saturated carbocycles. The zero-order valence-electron chi connectivity index (χ0n) is 16.4. The van der Waals surface area contributed by atoms with Crippen LogP contribution in [0.15, 0.2) is 18.2 Å². The standard InChI is InChI=1S/C21H22F2N2O4S/c1-11(24)19(27)25-20-16(18(26)17-13(22)3-2-4-14(17)23)12-5-7-21(28-9-10-29-21)8-6-15(12)30-20/h2-4,11H,5-10,24H2,1H3,(H,25,27)/t11-/m0/s1. The Labute approximate surface area is 176 Å². The average Bonchev–Trinajstić information content (AvgIpc) is 3.24. The van der Waals surface area contributed by atoms with Crippen molar-refractivity contribution in [3.63, 3.8) is 0 Å². The summed E-state index contributed by atoms with van der Waals surface area (Å²) in [5.74, 6) is -3.87. The lowest BCUT2D eigenvalue weighted by Gasteiger charge is -2.25. The first kappa shape index (κ1) is 21.0. The number of hydrogen-bond donors (Lipinski definition) is 2. The molecule has 0 unspecified atom stereocenters. The maximum absolute atomic E-state index is 14.4. The lowest BCUT2D eigenvalue weighted by atomic mass is 9.96. The fourth-order valence-corrected chi connectivity index (χ4v) is 5.15. The van der Waals surface area contributed by atoms with E-state index in [4.69, 9.17) is 15.2 Å². The summed E-state index contributed by atoms with van der Waals surface area (Å²) in [7, 11) is 0. The van der Waals surface area contributed by atoms with Gasteiger partial charge in [-0.05, 0) is 37.5 Å². The number of ether oxygens (including phenoxy) is 2. The molecular formula is C21H22F2N2O4S. The van der Waals surface area contributed by atoms with E-state index in [0.717, 1.165) is 17.0 Å². The van der Waals surface area contributed by atoms with Gasteiger partial charge in [-0.3, -0.25) is 9.59 Å². The molecule has 9 heteroatoms. The minimum atomic E-state index is -0.947. The molecule has 1 amide bonds. The van der Waals surface area contributed by atoms with Gasteiger partial charge in [-0.1, -0.05) is 6.07 Å². The summed E-state index contributed by atoms with van der Waals surface area (Å²) < 4.78 is 40.3. The molecule has 2 aromatic rings. The van der Waals surface area contributed by atoms with Crippen LogP contribution in [0.25, 0.3) is 0 Å². The third kappa shape index (κ3) is 3.78. The van der Waals surface area contributed by atoms with Crippen molar-refractivity contribution in [3.8, 4) is 0 Å². The predicted molar refractivity (Wildman–Crippen MR) is 108 cm³/mol. The molecular weight excluding hydrogens is 414 g/mol. The van der Waals surface area contributed by atoms with E-state index in [-0.39, 0.29) is 10.6 Å². The van der Waals surface area contributed by atoms with Gasteiger partial charge in [0.25, 0.3) is 0 Å². The van der Waals surface area contributed by atoms with E-state index in [1.165, 1.54) is 24.3 Å². The molecule has 1 atom stereocenters. The second kappa shape index (κ2) is 8.14. The first-order chi connectivity index (χ1) is 14.3. The minimum absolute atomic E-state index is 0.114. The SMILES string of the molecule is C[C@H](N)C(=O)Nc1sc2c(c1C(=O)c1c(F)cccc1F)CCC1(CC2)OCCO1. The van der Waals surface area contributed by atoms with Crippen LogP contribution < -0.4 is 11.1 Å². The van der Waals surface area contributed by atoms with Crippen LogP contribution in [-0.4, -0.2) is 36.7 Å². The summed E-state index contributed by atoms with van der Waals surface area (Å²) in [5, 5.41) is 2.93. The number of nitrogens with two attached hydrogens (primary N) is 1. The number of amides is 1. The molecule has 30 heavy (non-hydrogen) atoms. The minimum Gasteiger partial charge on any atom is -0.348 e. The van der Waals surface area contributed by atoms with Crippen molar-refractivity contribution in [1.82, 2.24) is 0 Å². The molecule has 1 aromatic carbocycles. The molecule has 4 rings (SSSR count). The molecule has 2 heterocycles. The molecule has 160 valence electrons. The van der Waals surface area contributed by atoms with Gasteiger partial charge in [-0.15, -0.1) is 11.3 Å². The maximum Gasteiger partial charge on any atom is 0.241 e. The van der Waals surface area contributed by atoms with Crippen molar-refractivity contribution in [2.45, 2.75) is 44.4 Å². The highest BCUT2D eigenvalue weighted by atomic mass is 32.1. The summed E-state index contributed by atoms with van der Waals surface area (Å²) in [6.07, 6.45) is 2.10. The van der Waals surface area contributed by atoms with Crippen LogP contribution in [0.4, 0.5) is 13.8 Å². The summed E-state index contributed by atoms with van der Waals surface area (Å²) >= 11 is 1.23. The van der Waals surface area contributed by atoms with Crippen LogP contribution in [-0.2, 0) is 27.1 Å². The first-order valence-electron chi connectivity index (χ1n) is 9.79. The van der Waals surface area contributed by atoms with Crippen molar-refractivity contribution in [2.75, 3.05) is 18.5 Å². The molecule has 1 aromatic heterocycles. The Morgan fingerprint density at radius 2 is 1.77 bits per heavy atom. The van der Waals surface area contributed by atoms with E-state index in [9.17, 15) is 18.4 Å². The number of carbonyl (C=O) groups is 2. The van der Waals surface area contributed by atoms with Crippen LogP contribution in [0.5, 0.6) is 0 Å². The summed E-state index contributed by atoms with van der Waals surface area (Å²) in [6, 6.07) is 2.48. The van der Waals surface area contributed by atoms with Crippen molar-refractivity contribution in [3.05, 3.63) is 51.4 Å². The quantitative estimate of drug-likeness (QED) is 0.719. The van der Waals surface area contributed by atoms with Crippen molar-refractivity contribution >= 4 is 28.0 Å². The lowest BCUT2D eigenvalue weighted by molar-refractivity contribution is -0.164. The third-order valence-corrected chi connectivity index (χ3v) is 6.67. The zero-order chi connectivity index (χ0) is 21.5. The lowest BCUT2D eigenvalue weighted by Crippen LogP contribution is -2.32. The maximum atomic E-state index is 14.4.